The zero-order valence-electron chi connectivity index (χ0n) is 31.4. The lowest BCUT2D eigenvalue weighted by molar-refractivity contribution is -0.121. The first kappa shape index (κ1) is 42.5. The van der Waals surface area contributed by atoms with Crippen LogP contribution >= 0.6 is 11.6 Å². The number of pyridine rings is 1. The fourth-order valence-corrected chi connectivity index (χ4v) is 9.15. The van der Waals surface area contributed by atoms with Crippen LogP contribution in [0.1, 0.15) is 63.0 Å². The number of fused-ring (bicyclic) bond motifs is 1. The van der Waals surface area contributed by atoms with Gasteiger partial charge in [0.2, 0.25) is 5.91 Å². The van der Waals surface area contributed by atoms with Crippen molar-refractivity contribution >= 4 is 49.8 Å². The van der Waals surface area contributed by atoms with Crippen LogP contribution in [0.2, 0.25) is 5.02 Å². The average molecular weight is 852 g/mol. The number of sulfone groups is 1. The summed E-state index contributed by atoms with van der Waals surface area (Å²) in [6, 6.07) is 7.46. The fourth-order valence-electron chi connectivity index (χ4n) is 7.12. The number of amides is 1. The number of nitrogen functional groups attached to an aromatic ring is 1. The van der Waals surface area contributed by atoms with Crippen LogP contribution in [0, 0.1) is 34.8 Å². The van der Waals surface area contributed by atoms with Crippen LogP contribution in [0.5, 0.6) is 0 Å². The predicted octanol–water partition coefficient (Wildman–Crippen LogP) is 7.36. The van der Waals surface area contributed by atoms with Crippen molar-refractivity contribution < 1.29 is 43.9 Å². The Morgan fingerprint density at radius 3 is 2.36 bits per heavy atom. The third kappa shape index (κ3) is 8.37. The molecule has 1 unspecified atom stereocenters. The minimum absolute atomic E-state index is 0.00893. The molecule has 0 bridgehead atoms. The van der Waals surface area contributed by atoms with E-state index in [1.807, 2.05) is 0 Å². The zero-order valence-corrected chi connectivity index (χ0v) is 33.0. The van der Waals surface area contributed by atoms with Gasteiger partial charge in [-0.25, -0.2) is 22.2 Å². The Morgan fingerprint density at radius 2 is 1.74 bits per heavy atom. The first-order valence-corrected chi connectivity index (χ1v) is 19.8. The lowest BCUT2D eigenvalue weighted by atomic mass is 9.93. The minimum atomic E-state index is -5.25. The first-order valence-electron chi connectivity index (χ1n) is 17.9. The molecule has 10 nitrogen and oxygen atoms in total. The van der Waals surface area contributed by atoms with Crippen molar-refractivity contribution in [3.8, 4) is 23.0 Å². The summed E-state index contributed by atoms with van der Waals surface area (Å²) in [5.74, 6) is -2.50. The van der Waals surface area contributed by atoms with Gasteiger partial charge in [0.15, 0.2) is 15.7 Å². The number of hydrogen-bond donors (Lipinski definition) is 4. The molecule has 0 aliphatic heterocycles. The number of aryl methyl sites for hydroxylation is 1. The van der Waals surface area contributed by atoms with E-state index in [0.717, 1.165) is 19.1 Å². The Balaban J connectivity index is 1.48. The Hall–Kier alpha value is -5.15. The fraction of sp³-hybridized carbons (Fsp3) is 0.385. The maximum Gasteiger partial charge on any atom is 0.433 e. The highest BCUT2D eigenvalue weighted by atomic mass is 35.5. The van der Waals surface area contributed by atoms with E-state index in [4.69, 9.17) is 27.7 Å². The van der Waals surface area contributed by atoms with E-state index in [2.05, 4.69) is 27.6 Å². The number of rotatable bonds is 11. The molecule has 1 saturated carbocycles. The maximum atomic E-state index is 15.1. The van der Waals surface area contributed by atoms with Crippen LogP contribution in [-0.4, -0.2) is 63.4 Å². The highest BCUT2D eigenvalue weighted by Crippen LogP contribution is 2.45. The maximum absolute atomic E-state index is 15.1. The van der Waals surface area contributed by atoms with Gasteiger partial charge in [-0.3, -0.25) is 14.9 Å². The molecule has 308 valence electrons. The van der Waals surface area contributed by atoms with Gasteiger partial charge in [0.1, 0.15) is 27.8 Å². The van der Waals surface area contributed by atoms with E-state index >= 15 is 8.78 Å². The predicted molar refractivity (Wildman–Crippen MR) is 205 cm³/mol. The van der Waals surface area contributed by atoms with Crippen molar-refractivity contribution in [3.63, 3.8) is 0 Å². The van der Waals surface area contributed by atoms with Gasteiger partial charge in [0.05, 0.1) is 45.2 Å². The highest BCUT2D eigenvalue weighted by Gasteiger charge is 2.51. The van der Waals surface area contributed by atoms with Crippen LogP contribution in [-0.2, 0) is 28.1 Å². The largest absolute Gasteiger partial charge is 0.433 e. The lowest BCUT2D eigenvalue weighted by Crippen LogP contribution is -2.40. The van der Waals surface area contributed by atoms with E-state index in [9.17, 15) is 35.2 Å². The van der Waals surface area contributed by atoms with Crippen molar-refractivity contribution in [1.82, 2.24) is 25.4 Å². The molecule has 2 aromatic carbocycles. The third-order valence-electron chi connectivity index (χ3n) is 10.0. The van der Waals surface area contributed by atoms with E-state index in [-0.39, 0.29) is 39.8 Å². The molecule has 2 aromatic heterocycles. The van der Waals surface area contributed by atoms with Gasteiger partial charge < -0.3 is 16.4 Å². The average Bonchev–Trinajstić information content (AvgIpc) is 3.89. The molecule has 4 aromatic rings. The molecule has 5 N–H and O–H groups in total. The van der Waals surface area contributed by atoms with E-state index in [1.165, 1.54) is 30.7 Å². The summed E-state index contributed by atoms with van der Waals surface area (Å²) < 4.78 is 126. The van der Waals surface area contributed by atoms with Gasteiger partial charge >= 0.3 is 6.18 Å². The number of halogens is 8. The second-order valence-corrected chi connectivity index (χ2v) is 18.1. The summed E-state index contributed by atoms with van der Waals surface area (Å²) in [7, 11) is -2.06. The molecular formula is C39H37ClF7N7O3S. The standard InChI is InChI=1S/C39H37ClF7N7O3S/c1-19-17-38(43,44)35(30(19)34(48)39(45,46)47)50-18-29(55)52-28(15-20-13-21(41)16-22(42)14-20)32-25(26-9-10-27(40)31-33(26)54(4)53-36(31)49)8-5-23(51-32)11-12-37(2,3)58(56,57)24-6-7-24/h5,8-10,13-14,16,19,24,28,48,50H,6-7,15,17-18H2,1-4H3,(H2,49,53)(H,52,55)/t19-,28?/m0/s1. The van der Waals surface area contributed by atoms with Gasteiger partial charge in [-0.2, -0.15) is 27.1 Å². The zero-order chi connectivity index (χ0) is 42.7. The van der Waals surface area contributed by atoms with Gasteiger partial charge in [0, 0.05) is 36.2 Å². The van der Waals surface area contributed by atoms with Crippen LogP contribution in [0.15, 0.2) is 53.7 Å². The quantitative estimate of drug-likeness (QED) is 0.0699. The Kier molecular flexibility index (Phi) is 11.1. The number of nitrogens with zero attached hydrogens (tertiary/aromatic N) is 3. The van der Waals surface area contributed by atoms with Crippen molar-refractivity contribution in [1.29, 1.82) is 5.41 Å². The summed E-state index contributed by atoms with van der Waals surface area (Å²) in [4.78, 5) is 18.4. The Morgan fingerprint density at radius 1 is 1.10 bits per heavy atom. The summed E-state index contributed by atoms with van der Waals surface area (Å²) in [6.07, 6.45) is -5.63. The normalized spacial score (nSPS) is 17.6. The van der Waals surface area contributed by atoms with Crippen molar-refractivity contribution in [2.45, 2.75) is 74.6 Å². The van der Waals surface area contributed by atoms with E-state index in [0.29, 0.717) is 35.4 Å². The monoisotopic (exact) mass is 851 g/mol. The second kappa shape index (κ2) is 15.2. The smallest absolute Gasteiger partial charge is 0.382 e. The molecule has 1 amide bonds. The van der Waals surface area contributed by atoms with Crippen molar-refractivity contribution in [2.75, 3.05) is 12.3 Å². The molecule has 19 heteroatoms. The molecule has 6 rings (SSSR count). The highest BCUT2D eigenvalue weighted by molar-refractivity contribution is 7.93. The summed E-state index contributed by atoms with van der Waals surface area (Å²) >= 11 is 6.50. The number of carbonyl (C=O) groups is 1. The summed E-state index contributed by atoms with van der Waals surface area (Å²) in [6.45, 7) is 3.02. The molecule has 2 atom stereocenters. The topological polar surface area (TPSA) is 156 Å². The number of hydrogen-bond acceptors (Lipinski definition) is 8. The van der Waals surface area contributed by atoms with Crippen molar-refractivity contribution in [2.24, 2.45) is 13.0 Å². The first-order chi connectivity index (χ1) is 26.9. The van der Waals surface area contributed by atoms with Crippen LogP contribution in [0.3, 0.4) is 0 Å². The number of nitrogens with one attached hydrogen (secondary N) is 3. The number of benzene rings is 2. The lowest BCUT2D eigenvalue weighted by Gasteiger charge is -2.24. The number of carbonyl (C=O) groups excluding carboxylic acids is 1. The van der Waals surface area contributed by atoms with Crippen LogP contribution in [0.4, 0.5) is 36.6 Å². The Labute approximate surface area is 333 Å². The molecule has 2 heterocycles. The molecule has 1 fully saturated rings. The molecule has 2 aliphatic carbocycles. The van der Waals surface area contributed by atoms with Gasteiger partial charge in [-0.1, -0.05) is 30.5 Å². The van der Waals surface area contributed by atoms with Crippen molar-refractivity contribution in [3.05, 3.63) is 87.3 Å². The third-order valence-corrected chi connectivity index (χ3v) is 13.2. The SMILES string of the molecule is C[C@H]1CC(F)(F)C(NCC(=O)NC(Cc2cc(F)cc(F)c2)c2nc(C#CC(C)(C)S(=O)(=O)C3CC3)ccc2-c2ccc(Cl)c3c(N)nn(C)c23)=C1C(=N)C(F)(F)F. The molecule has 58 heavy (non-hydrogen) atoms. The molecule has 0 saturated heterocycles. The molecule has 0 radical (unpaired) electrons. The summed E-state index contributed by atoms with van der Waals surface area (Å²) in [5.41, 5.74) is 3.16. The van der Waals surface area contributed by atoms with E-state index < -0.39 is 91.4 Å². The van der Waals surface area contributed by atoms with Crippen LogP contribution < -0.4 is 16.4 Å². The number of aromatic nitrogens is 3. The Bertz CT molecular complexity index is 2540. The summed E-state index contributed by atoms with van der Waals surface area (Å²) in [5, 5.41) is 16.7. The second-order valence-electron chi connectivity index (χ2n) is 14.9. The molecular weight excluding hydrogens is 815 g/mol. The van der Waals surface area contributed by atoms with Gasteiger partial charge in [-0.05, 0) is 80.8 Å². The van der Waals surface area contributed by atoms with Gasteiger partial charge in [-0.15, -0.1) is 0 Å². The van der Waals surface area contributed by atoms with Gasteiger partial charge in [0.25, 0.3) is 5.92 Å². The number of nitrogens with two attached hydrogens (primary N) is 1. The number of anilines is 1. The number of alkyl halides is 5. The minimum Gasteiger partial charge on any atom is -0.382 e. The number of allylic oxidation sites excluding steroid dienone is 2. The molecule has 2 aliphatic rings. The molecule has 0 spiro atoms. The van der Waals surface area contributed by atoms with E-state index in [1.54, 1.807) is 19.2 Å². The van der Waals surface area contributed by atoms with Crippen LogP contribution in [0.25, 0.3) is 22.0 Å².